The maximum atomic E-state index is 3.54. The summed E-state index contributed by atoms with van der Waals surface area (Å²) in [7, 11) is 4.18. The molecule has 2 aromatic carbocycles. The van der Waals surface area contributed by atoms with Gasteiger partial charge in [-0.15, -0.1) is 0 Å². The molecule has 1 saturated carbocycles. The van der Waals surface area contributed by atoms with E-state index < -0.39 is 0 Å². The minimum Gasteiger partial charge on any atom is -0.381 e. The highest BCUT2D eigenvalue weighted by atomic mass is 15.1. The maximum absolute atomic E-state index is 3.54. The maximum Gasteiger partial charge on any atom is 0.0411 e. The third-order valence-electron chi connectivity index (χ3n) is 4.19. The zero-order valence-corrected chi connectivity index (χ0v) is 13.2. The van der Waals surface area contributed by atoms with Crippen LogP contribution in [-0.2, 0) is 6.54 Å². The Kier molecular flexibility index (Phi) is 3.87. The summed E-state index contributed by atoms with van der Waals surface area (Å²) in [6.45, 7) is 3.04. The molecule has 0 radical (unpaired) electrons. The summed E-state index contributed by atoms with van der Waals surface area (Å²) in [5.41, 5.74) is 6.63. The summed E-state index contributed by atoms with van der Waals surface area (Å²) >= 11 is 0. The lowest BCUT2D eigenvalue weighted by Crippen LogP contribution is -2.11. The Morgan fingerprint density at radius 2 is 1.90 bits per heavy atom. The minimum absolute atomic E-state index is 0.824. The van der Waals surface area contributed by atoms with Crippen molar-refractivity contribution in [1.29, 1.82) is 0 Å². The summed E-state index contributed by atoms with van der Waals surface area (Å²) < 4.78 is 0. The molecule has 2 heteroatoms. The van der Waals surface area contributed by atoms with Crippen molar-refractivity contribution in [3.05, 3.63) is 59.2 Å². The molecule has 110 valence electrons. The average Bonchev–Trinajstić information content (AvgIpc) is 3.31. The molecule has 0 spiro atoms. The molecule has 0 amide bonds. The molecule has 2 nitrogen and oxygen atoms in total. The molecule has 1 aliphatic carbocycles. The zero-order valence-electron chi connectivity index (χ0n) is 13.2. The topological polar surface area (TPSA) is 15.3 Å². The number of aryl methyl sites for hydroxylation is 1. The molecule has 0 aliphatic heterocycles. The molecule has 21 heavy (non-hydrogen) atoms. The molecule has 1 aliphatic rings. The monoisotopic (exact) mass is 280 g/mol. The van der Waals surface area contributed by atoms with E-state index in [1.165, 1.54) is 40.9 Å². The van der Waals surface area contributed by atoms with Crippen molar-refractivity contribution in [3.8, 4) is 0 Å². The third kappa shape index (κ3) is 3.38. The first-order chi connectivity index (χ1) is 10.1. The van der Waals surface area contributed by atoms with Gasteiger partial charge in [-0.05, 0) is 54.5 Å². The predicted molar refractivity (Wildman–Crippen MR) is 91.2 cm³/mol. The summed E-state index contributed by atoms with van der Waals surface area (Å²) in [6.07, 6.45) is 2.72. The largest absolute Gasteiger partial charge is 0.381 e. The average molecular weight is 280 g/mol. The van der Waals surface area contributed by atoms with E-state index in [1.54, 1.807) is 0 Å². The van der Waals surface area contributed by atoms with Gasteiger partial charge >= 0.3 is 0 Å². The van der Waals surface area contributed by atoms with Crippen LogP contribution in [0.3, 0.4) is 0 Å². The van der Waals surface area contributed by atoms with Crippen LogP contribution in [0.2, 0.25) is 0 Å². The van der Waals surface area contributed by atoms with E-state index in [0.29, 0.717) is 0 Å². The van der Waals surface area contributed by atoms with Gasteiger partial charge in [0.1, 0.15) is 0 Å². The van der Waals surface area contributed by atoms with Crippen LogP contribution in [0.4, 0.5) is 11.4 Å². The van der Waals surface area contributed by atoms with Gasteiger partial charge < -0.3 is 10.2 Å². The number of hydrogen-bond acceptors (Lipinski definition) is 2. The normalized spacial score (nSPS) is 14.0. The molecule has 0 aromatic heterocycles. The van der Waals surface area contributed by atoms with Gasteiger partial charge in [-0.1, -0.05) is 30.3 Å². The first-order valence-electron chi connectivity index (χ1n) is 7.74. The highest BCUT2D eigenvalue weighted by Crippen LogP contribution is 2.40. The van der Waals surface area contributed by atoms with Crippen LogP contribution in [0.25, 0.3) is 0 Å². The smallest absolute Gasteiger partial charge is 0.0411 e. The van der Waals surface area contributed by atoms with Crippen molar-refractivity contribution >= 4 is 11.4 Å². The first kappa shape index (κ1) is 14.0. The molecule has 0 bridgehead atoms. The van der Waals surface area contributed by atoms with Gasteiger partial charge in [0.2, 0.25) is 0 Å². The van der Waals surface area contributed by atoms with Crippen molar-refractivity contribution < 1.29 is 0 Å². The quantitative estimate of drug-likeness (QED) is 0.864. The van der Waals surface area contributed by atoms with Gasteiger partial charge in [0.05, 0.1) is 0 Å². The van der Waals surface area contributed by atoms with Gasteiger partial charge in [-0.2, -0.15) is 0 Å². The molecule has 0 unspecified atom stereocenters. The number of nitrogens with one attached hydrogen (secondary N) is 1. The van der Waals surface area contributed by atoms with Crippen LogP contribution in [0.5, 0.6) is 0 Å². The summed E-state index contributed by atoms with van der Waals surface area (Å²) in [6, 6.07) is 15.6. The van der Waals surface area contributed by atoms with E-state index in [9.17, 15) is 0 Å². The standard InChI is InChI=1S/C19H24N2/c1-14-7-10-18(12-19(14)21(2)3)20-13-15-5-4-6-17(11-15)16-8-9-16/h4-7,10-12,16,20H,8-9,13H2,1-3H3. The number of benzene rings is 2. The second-order valence-corrected chi connectivity index (χ2v) is 6.27. The lowest BCUT2D eigenvalue weighted by atomic mass is 10.1. The summed E-state index contributed by atoms with van der Waals surface area (Å²) in [5, 5.41) is 3.54. The number of nitrogens with zero attached hydrogens (tertiary/aromatic N) is 1. The molecule has 1 fully saturated rings. The molecule has 3 rings (SSSR count). The van der Waals surface area contributed by atoms with Gasteiger partial charge in [-0.3, -0.25) is 0 Å². The van der Waals surface area contributed by atoms with E-state index in [1.807, 2.05) is 0 Å². The molecular weight excluding hydrogens is 256 g/mol. The number of hydrogen-bond donors (Lipinski definition) is 1. The van der Waals surface area contributed by atoms with Gasteiger partial charge in [0, 0.05) is 32.0 Å². The lowest BCUT2D eigenvalue weighted by molar-refractivity contribution is 1.08. The third-order valence-corrected chi connectivity index (χ3v) is 4.19. The van der Waals surface area contributed by atoms with E-state index in [0.717, 1.165) is 12.5 Å². The van der Waals surface area contributed by atoms with Crippen LogP contribution in [-0.4, -0.2) is 14.1 Å². The lowest BCUT2D eigenvalue weighted by Gasteiger charge is -2.17. The Labute approximate surface area is 127 Å². The van der Waals surface area contributed by atoms with Crippen molar-refractivity contribution in [2.24, 2.45) is 0 Å². The molecular formula is C19H24N2. The minimum atomic E-state index is 0.824. The fourth-order valence-corrected chi connectivity index (χ4v) is 2.78. The highest BCUT2D eigenvalue weighted by Gasteiger charge is 2.23. The molecule has 0 saturated heterocycles. The Balaban J connectivity index is 1.69. The summed E-state index contributed by atoms with van der Waals surface area (Å²) in [5.74, 6) is 0.824. The Morgan fingerprint density at radius 3 is 2.62 bits per heavy atom. The highest BCUT2D eigenvalue weighted by molar-refractivity contribution is 5.62. The molecule has 0 heterocycles. The summed E-state index contributed by atoms with van der Waals surface area (Å²) in [4.78, 5) is 2.16. The fraction of sp³-hybridized carbons (Fsp3) is 0.368. The molecule has 1 N–H and O–H groups in total. The fourth-order valence-electron chi connectivity index (χ4n) is 2.78. The van der Waals surface area contributed by atoms with Crippen molar-refractivity contribution in [2.45, 2.75) is 32.2 Å². The van der Waals surface area contributed by atoms with Crippen LogP contribution < -0.4 is 10.2 Å². The number of rotatable bonds is 5. The second kappa shape index (κ2) is 5.80. The van der Waals surface area contributed by atoms with Crippen molar-refractivity contribution in [1.82, 2.24) is 0 Å². The van der Waals surface area contributed by atoms with Crippen molar-refractivity contribution in [2.75, 3.05) is 24.3 Å². The van der Waals surface area contributed by atoms with Crippen LogP contribution in [0, 0.1) is 6.92 Å². The molecule has 0 atom stereocenters. The second-order valence-electron chi connectivity index (χ2n) is 6.27. The van der Waals surface area contributed by atoms with Gasteiger partial charge in [-0.25, -0.2) is 0 Å². The van der Waals surface area contributed by atoms with Crippen LogP contribution >= 0.6 is 0 Å². The van der Waals surface area contributed by atoms with Crippen LogP contribution in [0.1, 0.15) is 35.4 Å². The molecule has 2 aromatic rings. The van der Waals surface area contributed by atoms with E-state index in [4.69, 9.17) is 0 Å². The SMILES string of the molecule is Cc1ccc(NCc2cccc(C3CC3)c2)cc1N(C)C. The predicted octanol–water partition coefficient (Wildman–Crippen LogP) is 4.55. The Hall–Kier alpha value is -1.96. The first-order valence-corrected chi connectivity index (χ1v) is 7.74. The zero-order chi connectivity index (χ0) is 14.8. The van der Waals surface area contributed by atoms with Crippen molar-refractivity contribution in [3.63, 3.8) is 0 Å². The number of anilines is 2. The van der Waals surface area contributed by atoms with Gasteiger partial charge in [0.15, 0.2) is 0 Å². The Morgan fingerprint density at radius 1 is 1.10 bits per heavy atom. The van der Waals surface area contributed by atoms with Crippen LogP contribution in [0.15, 0.2) is 42.5 Å². The van der Waals surface area contributed by atoms with Gasteiger partial charge in [0.25, 0.3) is 0 Å². The van der Waals surface area contributed by atoms with E-state index in [2.05, 4.69) is 73.7 Å². The Bertz CT molecular complexity index is 627. The van der Waals surface area contributed by atoms with E-state index in [-0.39, 0.29) is 0 Å². The van der Waals surface area contributed by atoms with E-state index >= 15 is 0 Å².